The molecule has 2 N–H and O–H groups in total. The minimum Gasteiger partial charge on any atom is -0.494 e. The van der Waals surface area contributed by atoms with Crippen molar-refractivity contribution < 1.29 is 23.9 Å². The lowest BCUT2D eigenvalue weighted by molar-refractivity contribution is 0.0962. The predicted molar refractivity (Wildman–Crippen MR) is 159 cm³/mol. The molecule has 1 heterocycles. The largest absolute Gasteiger partial charge is 0.494 e. The maximum absolute atomic E-state index is 11.7. The van der Waals surface area contributed by atoms with Gasteiger partial charge in [-0.2, -0.15) is 0 Å². The van der Waals surface area contributed by atoms with Crippen LogP contribution in [0.2, 0.25) is 0 Å². The molecule has 0 spiro atoms. The molecule has 4 rings (SSSR count). The summed E-state index contributed by atoms with van der Waals surface area (Å²) in [5.41, 5.74) is 5.19. The van der Waals surface area contributed by atoms with Crippen molar-refractivity contribution in [2.24, 2.45) is 0 Å². The molecule has 0 saturated heterocycles. The van der Waals surface area contributed by atoms with Crippen LogP contribution >= 0.6 is 0 Å². The average molecular weight is 576 g/mol. The van der Waals surface area contributed by atoms with Crippen molar-refractivity contribution in [1.29, 1.82) is 0 Å². The Hall–Kier alpha value is -4.73. The fourth-order valence-corrected chi connectivity index (χ4v) is 4.73. The van der Waals surface area contributed by atoms with E-state index in [1.165, 1.54) is 4.90 Å². The lowest BCUT2D eigenvalue weighted by Gasteiger charge is -2.33. The van der Waals surface area contributed by atoms with Crippen LogP contribution in [0.4, 0.5) is 4.79 Å². The first-order chi connectivity index (χ1) is 19.9. The van der Waals surface area contributed by atoms with Crippen LogP contribution in [0.5, 0.6) is 11.5 Å². The van der Waals surface area contributed by atoms with Gasteiger partial charge < -0.3 is 24.0 Å². The van der Waals surface area contributed by atoms with Crippen molar-refractivity contribution in [3.63, 3.8) is 0 Å². The molecular formula is C32H37N3O7. The SMILES string of the molecule is Cc1cc(OCCCN(C(=O)O)C(C)(C)C)ccc1-c1cccc(COc2ccc(Cn3oc(=O)[nH]c3=O)cc2)c1C. The van der Waals surface area contributed by atoms with E-state index in [0.29, 0.717) is 31.9 Å². The van der Waals surface area contributed by atoms with Crippen molar-refractivity contribution in [1.82, 2.24) is 14.6 Å². The van der Waals surface area contributed by atoms with Gasteiger partial charge in [-0.1, -0.05) is 36.4 Å². The Morgan fingerprint density at radius 3 is 2.31 bits per heavy atom. The Bertz CT molecular complexity index is 1640. The Balaban J connectivity index is 1.36. The molecule has 0 radical (unpaired) electrons. The number of hydrogen-bond donors (Lipinski definition) is 2. The number of amides is 1. The van der Waals surface area contributed by atoms with E-state index in [1.54, 1.807) is 0 Å². The summed E-state index contributed by atoms with van der Waals surface area (Å²) >= 11 is 0. The van der Waals surface area contributed by atoms with Gasteiger partial charge in [0.1, 0.15) is 18.1 Å². The van der Waals surface area contributed by atoms with Crippen molar-refractivity contribution in [3.05, 3.63) is 104 Å². The van der Waals surface area contributed by atoms with Crippen LogP contribution in [0.15, 0.2) is 74.8 Å². The van der Waals surface area contributed by atoms with E-state index in [2.05, 4.69) is 18.0 Å². The number of aryl methyl sites for hydroxylation is 1. The number of hydrogen-bond acceptors (Lipinski definition) is 6. The first kappa shape index (κ1) is 30.2. The van der Waals surface area contributed by atoms with E-state index in [-0.39, 0.29) is 6.54 Å². The Morgan fingerprint density at radius 1 is 0.976 bits per heavy atom. The third-order valence-corrected chi connectivity index (χ3v) is 7.04. The standard InChI is InChI=1S/C32H37N3O7/c1-21-18-26(40-17-7-16-34(31(38)39)32(3,4)5)14-15-27(21)28-9-6-8-24(22(28)2)20-41-25-12-10-23(11-13-25)19-35-29(36)33-30(37)42-35/h6,8-15,18H,7,16-17,19-20H2,1-5H3,(H,38,39)(H,33,36,37). The molecule has 0 aliphatic carbocycles. The van der Waals surface area contributed by atoms with Gasteiger partial charge in [-0.05, 0) is 98.7 Å². The van der Waals surface area contributed by atoms with E-state index < -0.39 is 23.1 Å². The first-order valence-electron chi connectivity index (χ1n) is 13.8. The smallest absolute Gasteiger partial charge is 0.440 e. The molecule has 0 fully saturated rings. The highest BCUT2D eigenvalue weighted by Crippen LogP contribution is 2.31. The number of carbonyl (C=O) groups is 1. The van der Waals surface area contributed by atoms with Crippen molar-refractivity contribution in [2.45, 2.75) is 59.7 Å². The second kappa shape index (κ2) is 12.8. The van der Waals surface area contributed by atoms with E-state index in [1.807, 2.05) is 82.3 Å². The molecule has 0 saturated carbocycles. The van der Waals surface area contributed by atoms with Gasteiger partial charge in [0.2, 0.25) is 0 Å². The fraction of sp³-hybridized carbons (Fsp3) is 0.344. The molecule has 1 aromatic heterocycles. The molecule has 0 aliphatic rings. The summed E-state index contributed by atoms with van der Waals surface area (Å²) in [4.78, 5) is 37.8. The summed E-state index contributed by atoms with van der Waals surface area (Å²) in [6, 6.07) is 19.4. The number of aromatic nitrogens is 2. The number of aromatic amines is 1. The molecule has 4 aromatic rings. The summed E-state index contributed by atoms with van der Waals surface area (Å²) < 4.78 is 17.8. The lowest BCUT2D eigenvalue weighted by atomic mass is 9.93. The highest BCUT2D eigenvalue weighted by Gasteiger charge is 2.25. The maximum atomic E-state index is 11.7. The summed E-state index contributed by atoms with van der Waals surface area (Å²) in [7, 11) is 0. The van der Waals surface area contributed by atoms with E-state index in [0.717, 1.165) is 43.9 Å². The van der Waals surface area contributed by atoms with Crippen LogP contribution in [0, 0.1) is 13.8 Å². The maximum Gasteiger partial charge on any atom is 0.440 e. The number of ether oxygens (including phenoxy) is 2. The van der Waals surface area contributed by atoms with Crippen LogP contribution in [-0.2, 0) is 13.2 Å². The Kier molecular flexibility index (Phi) is 9.25. The number of nitrogens with zero attached hydrogens (tertiary/aromatic N) is 2. The van der Waals surface area contributed by atoms with Crippen LogP contribution in [0.25, 0.3) is 11.1 Å². The number of benzene rings is 3. The first-order valence-corrected chi connectivity index (χ1v) is 13.8. The molecule has 0 unspecified atom stereocenters. The van der Waals surface area contributed by atoms with Gasteiger partial charge in [0.15, 0.2) is 0 Å². The average Bonchev–Trinajstić information content (AvgIpc) is 3.24. The predicted octanol–water partition coefficient (Wildman–Crippen LogP) is 5.59. The van der Waals surface area contributed by atoms with E-state index >= 15 is 0 Å². The van der Waals surface area contributed by atoms with Gasteiger partial charge in [-0.15, -0.1) is 4.74 Å². The zero-order chi connectivity index (χ0) is 30.4. The van der Waals surface area contributed by atoms with Gasteiger partial charge in [-0.25, -0.2) is 19.4 Å². The summed E-state index contributed by atoms with van der Waals surface area (Å²) in [5.74, 6) is 0.644. The summed E-state index contributed by atoms with van der Waals surface area (Å²) in [6.45, 7) is 11.1. The molecule has 0 bridgehead atoms. The molecule has 1 amide bonds. The molecule has 0 aliphatic heterocycles. The quantitative estimate of drug-likeness (QED) is 0.223. The van der Waals surface area contributed by atoms with Crippen molar-refractivity contribution in [2.75, 3.05) is 13.2 Å². The number of H-pyrrole nitrogens is 1. The Labute approximate surface area is 244 Å². The molecular weight excluding hydrogens is 538 g/mol. The van der Waals surface area contributed by atoms with Crippen LogP contribution in [-0.4, -0.2) is 44.5 Å². The number of carboxylic acid groups (broad SMARTS) is 1. The van der Waals surface area contributed by atoms with Crippen LogP contribution in [0.3, 0.4) is 0 Å². The third kappa shape index (κ3) is 7.51. The fourth-order valence-electron chi connectivity index (χ4n) is 4.73. The van der Waals surface area contributed by atoms with E-state index in [4.69, 9.17) is 14.0 Å². The molecule has 0 atom stereocenters. The third-order valence-electron chi connectivity index (χ3n) is 7.04. The van der Waals surface area contributed by atoms with Gasteiger partial charge >= 0.3 is 17.5 Å². The zero-order valence-corrected chi connectivity index (χ0v) is 24.6. The number of rotatable bonds is 11. The van der Waals surface area contributed by atoms with E-state index in [9.17, 15) is 19.5 Å². The highest BCUT2D eigenvalue weighted by atomic mass is 16.5. The second-order valence-corrected chi connectivity index (χ2v) is 11.2. The zero-order valence-electron chi connectivity index (χ0n) is 24.6. The summed E-state index contributed by atoms with van der Waals surface area (Å²) in [6.07, 6.45) is -0.331. The molecule has 10 heteroatoms. The summed E-state index contributed by atoms with van der Waals surface area (Å²) in [5, 5.41) is 9.45. The van der Waals surface area contributed by atoms with Crippen LogP contribution < -0.4 is 20.9 Å². The minimum absolute atomic E-state index is 0.142. The number of nitrogens with one attached hydrogen (secondary N) is 1. The van der Waals surface area contributed by atoms with Gasteiger partial charge in [-0.3, -0.25) is 0 Å². The normalized spacial score (nSPS) is 11.4. The highest BCUT2D eigenvalue weighted by molar-refractivity contribution is 5.72. The molecule has 222 valence electrons. The van der Waals surface area contributed by atoms with Gasteiger partial charge in [0.05, 0.1) is 13.2 Å². The van der Waals surface area contributed by atoms with Crippen LogP contribution in [0.1, 0.15) is 49.4 Å². The Morgan fingerprint density at radius 2 is 1.69 bits per heavy atom. The lowest BCUT2D eigenvalue weighted by Crippen LogP contribution is -2.45. The monoisotopic (exact) mass is 575 g/mol. The molecule has 42 heavy (non-hydrogen) atoms. The van der Waals surface area contributed by atoms with Gasteiger partial charge in [0, 0.05) is 12.1 Å². The molecule has 3 aromatic carbocycles. The topological polar surface area (TPSA) is 127 Å². The molecule has 10 nitrogen and oxygen atoms in total. The second-order valence-electron chi connectivity index (χ2n) is 11.2. The minimum atomic E-state index is -0.927. The van der Waals surface area contributed by atoms with Crippen molar-refractivity contribution >= 4 is 6.09 Å². The van der Waals surface area contributed by atoms with Crippen molar-refractivity contribution in [3.8, 4) is 22.6 Å². The van der Waals surface area contributed by atoms with Gasteiger partial charge in [0.25, 0.3) is 0 Å².